The van der Waals surface area contributed by atoms with Gasteiger partial charge in [0.2, 0.25) is 0 Å². The summed E-state index contributed by atoms with van der Waals surface area (Å²) in [7, 11) is 2.20. The minimum Gasteiger partial charge on any atom is -0.342 e. The fourth-order valence-electron chi connectivity index (χ4n) is 2.64. The molecule has 1 aromatic carbocycles. The van der Waals surface area contributed by atoms with Gasteiger partial charge in [0, 0.05) is 30.5 Å². The van der Waals surface area contributed by atoms with Crippen LogP contribution in [0, 0.1) is 0 Å². The molecule has 2 heteroatoms. The molecule has 3 rings (SSSR count). The van der Waals surface area contributed by atoms with Crippen LogP contribution in [-0.2, 0) is 6.54 Å². The Morgan fingerprint density at radius 1 is 1.00 bits per heavy atom. The molecule has 2 heterocycles. The van der Waals surface area contributed by atoms with E-state index in [0.29, 0.717) is 6.04 Å². The highest BCUT2D eigenvalue weighted by atomic mass is 15.2. The second-order valence-electron chi connectivity index (χ2n) is 4.82. The average Bonchev–Trinajstić information content (AvgIpc) is 2.79. The molecule has 0 amide bonds. The Morgan fingerprint density at radius 2 is 1.76 bits per heavy atom. The fraction of sp³-hybridized carbons (Fsp3) is 0.333. The second-order valence-corrected chi connectivity index (χ2v) is 4.82. The van der Waals surface area contributed by atoms with Gasteiger partial charge in [-0.25, -0.2) is 0 Å². The molecule has 1 unspecified atom stereocenters. The highest BCUT2D eigenvalue weighted by Gasteiger charge is 2.22. The summed E-state index contributed by atoms with van der Waals surface area (Å²) in [5.74, 6) is 0. The van der Waals surface area contributed by atoms with Gasteiger partial charge >= 0.3 is 0 Å². The number of fused-ring (bicyclic) bond motifs is 1. The molecule has 1 aliphatic heterocycles. The van der Waals surface area contributed by atoms with Crippen molar-refractivity contribution in [2.24, 2.45) is 0 Å². The zero-order valence-electron chi connectivity index (χ0n) is 10.4. The molecule has 88 valence electrons. The molecule has 0 N–H and O–H groups in total. The third kappa shape index (κ3) is 1.69. The van der Waals surface area contributed by atoms with Crippen LogP contribution in [-0.4, -0.2) is 23.1 Å². The largest absolute Gasteiger partial charge is 0.342 e. The van der Waals surface area contributed by atoms with Crippen LogP contribution in [0.2, 0.25) is 0 Å². The maximum atomic E-state index is 2.46. The third-order valence-electron chi connectivity index (χ3n) is 3.85. The van der Waals surface area contributed by atoms with Crippen molar-refractivity contribution in [3.63, 3.8) is 0 Å². The number of nitrogens with zero attached hydrogens (tertiary/aromatic N) is 2. The minimum absolute atomic E-state index is 0.515. The van der Waals surface area contributed by atoms with E-state index in [-0.39, 0.29) is 0 Å². The molecule has 0 saturated carbocycles. The molecule has 0 fully saturated rings. The lowest BCUT2D eigenvalue weighted by Crippen LogP contribution is -2.33. The van der Waals surface area contributed by atoms with Gasteiger partial charge in [-0.1, -0.05) is 30.3 Å². The van der Waals surface area contributed by atoms with E-state index in [9.17, 15) is 0 Å². The highest BCUT2D eigenvalue weighted by molar-refractivity contribution is 5.61. The Bertz CT molecular complexity index is 513. The Balaban J connectivity index is 2.08. The van der Waals surface area contributed by atoms with E-state index in [1.807, 2.05) is 0 Å². The molecule has 1 aliphatic rings. The molecule has 17 heavy (non-hydrogen) atoms. The molecule has 2 aromatic rings. The predicted octanol–water partition coefficient (Wildman–Crippen LogP) is 3.16. The third-order valence-corrected chi connectivity index (χ3v) is 3.85. The van der Waals surface area contributed by atoms with Gasteiger partial charge in [0.25, 0.3) is 0 Å². The molecule has 0 spiro atoms. The van der Waals surface area contributed by atoms with Crippen molar-refractivity contribution in [2.45, 2.75) is 19.5 Å². The van der Waals surface area contributed by atoms with Crippen LogP contribution in [0.3, 0.4) is 0 Å². The van der Waals surface area contributed by atoms with Crippen LogP contribution in [0.4, 0.5) is 0 Å². The van der Waals surface area contributed by atoms with Crippen molar-refractivity contribution >= 4 is 0 Å². The number of rotatable bonds is 1. The van der Waals surface area contributed by atoms with Crippen molar-refractivity contribution in [1.82, 2.24) is 9.47 Å². The maximum absolute atomic E-state index is 2.46. The summed E-state index contributed by atoms with van der Waals surface area (Å²) in [6, 6.07) is 15.7. The van der Waals surface area contributed by atoms with Crippen molar-refractivity contribution in [3.05, 3.63) is 48.2 Å². The summed E-state index contributed by atoms with van der Waals surface area (Å²) in [5, 5.41) is 0. The molecular formula is C15H18N2. The van der Waals surface area contributed by atoms with E-state index in [1.54, 1.807) is 0 Å². The van der Waals surface area contributed by atoms with Crippen molar-refractivity contribution in [2.75, 3.05) is 13.6 Å². The first kappa shape index (κ1) is 10.6. The van der Waals surface area contributed by atoms with Gasteiger partial charge in [0.1, 0.15) is 0 Å². The summed E-state index contributed by atoms with van der Waals surface area (Å²) in [6.45, 7) is 4.50. The molecule has 1 aromatic heterocycles. The van der Waals surface area contributed by atoms with Gasteiger partial charge in [0.05, 0.1) is 0 Å². The van der Waals surface area contributed by atoms with Crippen molar-refractivity contribution in [1.29, 1.82) is 0 Å². The fourth-order valence-corrected chi connectivity index (χ4v) is 2.64. The van der Waals surface area contributed by atoms with E-state index in [4.69, 9.17) is 0 Å². The normalized spacial score (nSPS) is 20.2. The second kappa shape index (κ2) is 4.04. The molecule has 1 atom stereocenters. The van der Waals surface area contributed by atoms with Gasteiger partial charge < -0.3 is 4.57 Å². The van der Waals surface area contributed by atoms with Crippen molar-refractivity contribution < 1.29 is 0 Å². The van der Waals surface area contributed by atoms with E-state index in [0.717, 1.165) is 13.1 Å². The van der Waals surface area contributed by atoms with Crippen LogP contribution in [0.25, 0.3) is 11.3 Å². The first-order valence-corrected chi connectivity index (χ1v) is 6.22. The molecule has 2 nitrogen and oxygen atoms in total. The summed E-state index contributed by atoms with van der Waals surface area (Å²) < 4.78 is 2.46. The Hall–Kier alpha value is -1.54. The Kier molecular flexibility index (Phi) is 2.52. The SMILES string of the molecule is CC1c2ccc(-c3ccccc3)n2CCN1C. The smallest absolute Gasteiger partial charge is 0.0483 e. The Morgan fingerprint density at radius 3 is 2.53 bits per heavy atom. The zero-order valence-corrected chi connectivity index (χ0v) is 10.4. The first-order valence-electron chi connectivity index (χ1n) is 6.22. The number of benzene rings is 1. The summed E-state index contributed by atoms with van der Waals surface area (Å²) in [6.07, 6.45) is 0. The van der Waals surface area contributed by atoms with Gasteiger partial charge in [-0.3, -0.25) is 4.90 Å². The van der Waals surface area contributed by atoms with Gasteiger partial charge in [0.15, 0.2) is 0 Å². The molecule has 0 saturated heterocycles. The molecule has 0 radical (unpaired) electrons. The van der Waals surface area contributed by atoms with Gasteiger partial charge in [-0.2, -0.15) is 0 Å². The number of aromatic nitrogens is 1. The van der Waals surface area contributed by atoms with E-state index in [2.05, 4.69) is 65.9 Å². The topological polar surface area (TPSA) is 8.17 Å². The van der Waals surface area contributed by atoms with Crippen LogP contribution in [0.15, 0.2) is 42.5 Å². The maximum Gasteiger partial charge on any atom is 0.0483 e. The standard InChI is InChI=1S/C15H18N2/c1-12-14-8-9-15(13-6-4-3-5-7-13)17(14)11-10-16(12)2/h3-9,12H,10-11H2,1-2H3. The van der Waals surface area contributed by atoms with Crippen LogP contribution >= 0.6 is 0 Å². The predicted molar refractivity (Wildman–Crippen MR) is 70.9 cm³/mol. The molecule has 0 aliphatic carbocycles. The Labute approximate surface area is 102 Å². The van der Waals surface area contributed by atoms with E-state index >= 15 is 0 Å². The number of hydrogen-bond donors (Lipinski definition) is 0. The van der Waals surface area contributed by atoms with Gasteiger partial charge in [-0.15, -0.1) is 0 Å². The lowest BCUT2D eigenvalue weighted by atomic mass is 10.1. The van der Waals surface area contributed by atoms with Crippen molar-refractivity contribution in [3.8, 4) is 11.3 Å². The van der Waals surface area contributed by atoms with Crippen LogP contribution < -0.4 is 0 Å². The summed E-state index contributed by atoms with van der Waals surface area (Å²) in [5.41, 5.74) is 4.09. The minimum atomic E-state index is 0.515. The highest BCUT2D eigenvalue weighted by Crippen LogP contribution is 2.30. The number of hydrogen-bond acceptors (Lipinski definition) is 1. The molecular weight excluding hydrogens is 208 g/mol. The quantitative estimate of drug-likeness (QED) is 0.725. The molecule has 0 bridgehead atoms. The monoisotopic (exact) mass is 226 g/mol. The summed E-state index contributed by atoms with van der Waals surface area (Å²) in [4.78, 5) is 2.41. The number of likely N-dealkylation sites (N-methyl/N-ethyl adjacent to an activating group) is 1. The zero-order chi connectivity index (χ0) is 11.8. The lowest BCUT2D eigenvalue weighted by Gasteiger charge is -2.32. The van der Waals surface area contributed by atoms with Crippen LogP contribution in [0.1, 0.15) is 18.7 Å². The lowest BCUT2D eigenvalue weighted by molar-refractivity contribution is 0.212. The summed E-state index contributed by atoms with van der Waals surface area (Å²) >= 11 is 0. The van der Waals surface area contributed by atoms with E-state index in [1.165, 1.54) is 17.0 Å². The van der Waals surface area contributed by atoms with Gasteiger partial charge in [-0.05, 0) is 31.7 Å². The van der Waals surface area contributed by atoms with E-state index < -0.39 is 0 Å². The van der Waals surface area contributed by atoms with Crippen LogP contribution in [0.5, 0.6) is 0 Å². The first-order chi connectivity index (χ1) is 8.27. The average molecular weight is 226 g/mol.